The molecular formula is C12H15ClN2O. The van der Waals surface area contributed by atoms with Crippen molar-refractivity contribution >= 4 is 23.2 Å². The summed E-state index contributed by atoms with van der Waals surface area (Å²) in [6.07, 6.45) is 1.75. The Morgan fingerprint density at radius 2 is 2.25 bits per heavy atom. The van der Waals surface area contributed by atoms with Crippen molar-refractivity contribution < 1.29 is 4.79 Å². The lowest BCUT2D eigenvalue weighted by molar-refractivity contribution is -0.116. The summed E-state index contributed by atoms with van der Waals surface area (Å²) >= 11 is 6.05. The molecule has 1 aliphatic heterocycles. The van der Waals surface area contributed by atoms with Crippen LogP contribution in [0.1, 0.15) is 30.4 Å². The molecule has 0 fully saturated rings. The lowest BCUT2D eigenvalue weighted by Gasteiger charge is -2.09. The van der Waals surface area contributed by atoms with E-state index in [0.29, 0.717) is 11.6 Å². The minimum Gasteiger partial charge on any atom is -0.330 e. The number of nitrogens with one attached hydrogen (secondary N) is 1. The fraction of sp³-hybridized carbons (Fsp3) is 0.417. The highest BCUT2D eigenvalue weighted by atomic mass is 35.5. The van der Waals surface area contributed by atoms with Crippen LogP contribution in [0.3, 0.4) is 0 Å². The Hall–Kier alpha value is -1.06. The number of carbonyl (C=O) groups is 1. The zero-order chi connectivity index (χ0) is 11.7. The zero-order valence-corrected chi connectivity index (χ0v) is 9.97. The van der Waals surface area contributed by atoms with E-state index in [2.05, 4.69) is 5.32 Å². The normalized spacial score (nSPS) is 18.4. The molecule has 0 saturated heterocycles. The minimum atomic E-state index is -0.106. The van der Waals surface area contributed by atoms with Crippen molar-refractivity contribution in [2.75, 3.05) is 11.9 Å². The van der Waals surface area contributed by atoms with Crippen molar-refractivity contribution in [3.8, 4) is 0 Å². The SMILES string of the molecule is CC1C(=O)Nc2c(CCCN)cc(Cl)cc21. The molecule has 86 valence electrons. The van der Waals surface area contributed by atoms with Crippen LogP contribution < -0.4 is 11.1 Å². The molecule has 0 spiro atoms. The van der Waals surface area contributed by atoms with Crippen molar-refractivity contribution in [2.24, 2.45) is 5.73 Å². The highest BCUT2D eigenvalue weighted by Crippen LogP contribution is 2.37. The van der Waals surface area contributed by atoms with E-state index in [0.717, 1.165) is 29.7 Å². The summed E-state index contributed by atoms with van der Waals surface area (Å²) in [5, 5.41) is 3.60. The summed E-state index contributed by atoms with van der Waals surface area (Å²) in [5.74, 6) is -0.0587. The number of halogens is 1. The first-order valence-electron chi connectivity index (χ1n) is 5.46. The van der Waals surface area contributed by atoms with Gasteiger partial charge in [-0.05, 0) is 49.6 Å². The third-order valence-corrected chi connectivity index (χ3v) is 3.19. The fourth-order valence-electron chi connectivity index (χ4n) is 2.04. The predicted octanol–water partition coefficient (Wildman–Crippen LogP) is 2.29. The van der Waals surface area contributed by atoms with Gasteiger partial charge in [-0.15, -0.1) is 0 Å². The van der Waals surface area contributed by atoms with Gasteiger partial charge in [-0.2, -0.15) is 0 Å². The van der Waals surface area contributed by atoms with Crippen LogP contribution in [-0.4, -0.2) is 12.5 Å². The maximum Gasteiger partial charge on any atom is 0.231 e. The molecule has 1 aliphatic rings. The molecule has 16 heavy (non-hydrogen) atoms. The fourth-order valence-corrected chi connectivity index (χ4v) is 2.29. The van der Waals surface area contributed by atoms with Gasteiger partial charge in [0.1, 0.15) is 0 Å². The number of benzene rings is 1. The molecule has 1 unspecified atom stereocenters. The summed E-state index contributed by atoms with van der Waals surface area (Å²) in [6.45, 7) is 2.54. The maximum atomic E-state index is 11.6. The average molecular weight is 239 g/mol. The van der Waals surface area contributed by atoms with E-state index in [-0.39, 0.29) is 11.8 Å². The lowest BCUT2D eigenvalue weighted by Crippen LogP contribution is -2.09. The van der Waals surface area contributed by atoms with Gasteiger partial charge in [0.15, 0.2) is 0 Å². The standard InChI is InChI=1S/C12H15ClN2O/c1-7-10-6-9(13)5-8(3-2-4-14)11(10)15-12(7)16/h5-7H,2-4,14H2,1H3,(H,15,16). The number of aryl methyl sites for hydroxylation is 1. The van der Waals surface area contributed by atoms with Gasteiger partial charge in [0, 0.05) is 10.7 Å². The Bertz CT molecular complexity index is 431. The van der Waals surface area contributed by atoms with Gasteiger partial charge in [-0.1, -0.05) is 11.6 Å². The molecule has 0 aliphatic carbocycles. The number of hydrogen-bond donors (Lipinski definition) is 2. The van der Waals surface area contributed by atoms with Crippen LogP contribution in [0.2, 0.25) is 5.02 Å². The van der Waals surface area contributed by atoms with Crippen LogP contribution in [0, 0.1) is 0 Å². The van der Waals surface area contributed by atoms with Crippen molar-refractivity contribution in [2.45, 2.75) is 25.7 Å². The van der Waals surface area contributed by atoms with Gasteiger partial charge in [-0.25, -0.2) is 0 Å². The second-order valence-corrected chi connectivity index (χ2v) is 4.57. The second kappa shape index (κ2) is 4.44. The third kappa shape index (κ3) is 1.93. The Balaban J connectivity index is 2.40. The molecule has 1 aromatic carbocycles. The van der Waals surface area contributed by atoms with Gasteiger partial charge >= 0.3 is 0 Å². The summed E-state index contributed by atoms with van der Waals surface area (Å²) < 4.78 is 0. The number of anilines is 1. The van der Waals surface area contributed by atoms with Gasteiger partial charge in [0.25, 0.3) is 0 Å². The Morgan fingerprint density at radius 1 is 1.50 bits per heavy atom. The van der Waals surface area contributed by atoms with E-state index in [1.54, 1.807) is 0 Å². The van der Waals surface area contributed by atoms with E-state index in [9.17, 15) is 4.79 Å². The molecular weight excluding hydrogens is 224 g/mol. The van der Waals surface area contributed by atoms with Gasteiger partial charge in [0.05, 0.1) is 5.92 Å². The Kier molecular flexibility index (Phi) is 3.17. The first kappa shape index (κ1) is 11.4. The largest absolute Gasteiger partial charge is 0.330 e. The lowest BCUT2D eigenvalue weighted by atomic mass is 9.98. The van der Waals surface area contributed by atoms with Crippen molar-refractivity contribution in [3.05, 3.63) is 28.3 Å². The summed E-state index contributed by atoms with van der Waals surface area (Å²) in [5.41, 5.74) is 8.53. The molecule has 0 radical (unpaired) electrons. The van der Waals surface area contributed by atoms with Gasteiger partial charge < -0.3 is 11.1 Å². The quantitative estimate of drug-likeness (QED) is 0.849. The van der Waals surface area contributed by atoms with Crippen molar-refractivity contribution in [3.63, 3.8) is 0 Å². The first-order chi connectivity index (χ1) is 7.63. The monoisotopic (exact) mass is 238 g/mol. The highest BCUT2D eigenvalue weighted by Gasteiger charge is 2.28. The van der Waals surface area contributed by atoms with Crippen LogP contribution in [0.25, 0.3) is 0 Å². The number of nitrogens with two attached hydrogens (primary N) is 1. The van der Waals surface area contributed by atoms with Crippen LogP contribution >= 0.6 is 11.6 Å². The average Bonchev–Trinajstić information content (AvgIpc) is 2.53. The second-order valence-electron chi connectivity index (χ2n) is 4.13. The number of fused-ring (bicyclic) bond motifs is 1. The van der Waals surface area contributed by atoms with Crippen LogP contribution in [0.15, 0.2) is 12.1 Å². The van der Waals surface area contributed by atoms with Crippen LogP contribution in [0.5, 0.6) is 0 Å². The zero-order valence-electron chi connectivity index (χ0n) is 9.22. The first-order valence-corrected chi connectivity index (χ1v) is 5.84. The molecule has 4 heteroatoms. The molecule has 0 saturated carbocycles. The van der Waals surface area contributed by atoms with E-state index in [1.165, 1.54) is 0 Å². The van der Waals surface area contributed by atoms with Crippen LogP contribution in [-0.2, 0) is 11.2 Å². The van der Waals surface area contributed by atoms with E-state index in [1.807, 2.05) is 19.1 Å². The minimum absolute atomic E-state index is 0.0475. The molecule has 3 N–H and O–H groups in total. The molecule has 1 aromatic rings. The van der Waals surface area contributed by atoms with Gasteiger partial charge in [0.2, 0.25) is 5.91 Å². The predicted molar refractivity (Wildman–Crippen MR) is 65.9 cm³/mol. The molecule has 0 bridgehead atoms. The molecule has 1 atom stereocenters. The number of rotatable bonds is 3. The van der Waals surface area contributed by atoms with Crippen molar-refractivity contribution in [1.29, 1.82) is 0 Å². The molecule has 1 heterocycles. The number of hydrogen-bond acceptors (Lipinski definition) is 2. The van der Waals surface area contributed by atoms with E-state index < -0.39 is 0 Å². The summed E-state index contributed by atoms with van der Waals surface area (Å²) in [4.78, 5) is 11.6. The third-order valence-electron chi connectivity index (χ3n) is 2.97. The Morgan fingerprint density at radius 3 is 2.94 bits per heavy atom. The number of carbonyl (C=O) groups excluding carboxylic acids is 1. The molecule has 0 aromatic heterocycles. The highest BCUT2D eigenvalue weighted by molar-refractivity contribution is 6.31. The van der Waals surface area contributed by atoms with E-state index in [4.69, 9.17) is 17.3 Å². The van der Waals surface area contributed by atoms with Crippen molar-refractivity contribution in [1.82, 2.24) is 0 Å². The topological polar surface area (TPSA) is 55.1 Å². The maximum absolute atomic E-state index is 11.6. The Labute approximate surface area is 100.0 Å². The smallest absolute Gasteiger partial charge is 0.231 e. The van der Waals surface area contributed by atoms with Gasteiger partial charge in [-0.3, -0.25) is 4.79 Å². The van der Waals surface area contributed by atoms with Crippen LogP contribution in [0.4, 0.5) is 5.69 Å². The molecule has 3 nitrogen and oxygen atoms in total. The molecule has 2 rings (SSSR count). The summed E-state index contributed by atoms with van der Waals surface area (Å²) in [6, 6.07) is 3.78. The van der Waals surface area contributed by atoms with E-state index >= 15 is 0 Å². The number of amides is 1. The molecule has 1 amide bonds. The summed E-state index contributed by atoms with van der Waals surface area (Å²) in [7, 11) is 0.